The number of nitrogens with zero attached hydrogens (tertiary/aromatic N) is 3. The molecule has 1 aliphatic heterocycles. The molecule has 3 aromatic rings. The van der Waals surface area contributed by atoms with Crippen LogP contribution in [0.15, 0.2) is 60.7 Å². The highest BCUT2D eigenvalue weighted by Gasteiger charge is 2.24. The Kier molecular flexibility index (Phi) is 6.44. The molecule has 0 aliphatic carbocycles. The third-order valence-electron chi connectivity index (χ3n) is 4.80. The van der Waals surface area contributed by atoms with E-state index in [-0.39, 0.29) is 30.2 Å². The largest absolute Gasteiger partial charge is 0.346 e. The molecule has 1 aromatic heterocycles. The molecule has 1 amide bonds. The number of carbonyl (C=O) groups is 1. The van der Waals surface area contributed by atoms with Crippen LogP contribution in [-0.4, -0.2) is 39.3 Å². The molecule has 0 bridgehead atoms. The molecule has 4 rings (SSSR count). The van der Waals surface area contributed by atoms with E-state index in [2.05, 4.69) is 27.6 Å². The van der Waals surface area contributed by atoms with Crippen LogP contribution in [-0.2, 0) is 0 Å². The number of aromatic nitrogens is 3. The van der Waals surface area contributed by atoms with Gasteiger partial charge in [0.2, 0.25) is 5.82 Å². The highest BCUT2D eigenvalue weighted by atomic mass is 35.5. The molecular formula is C21H24ClN5O. The van der Waals surface area contributed by atoms with Crippen molar-refractivity contribution in [3.63, 3.8) is 0 Å². The highest BCUT2D eigenvalue weighted by molar-refractivity contribution is 5.91. The molecule has 1 saturated heterocycles. The van der Waals surface area contributed by atoms with E-state index in [1.54, 1.807) is 4.68 Å². The first-order valence-electron chi connectivity index (χ1n) is 9.33. The van der Waals surface area contributed by atoms with Crippen LogP contribution in [0.4, 0.5) is 0 Å². The van der Waals surface area contributed by atoms with Crippen LogP contribution in [0.1, 0.15) is 30.4 Å². The standard InChI is InChI=1S/C21H23N5O.ClH/c1-15-14-17(12-13-22-15)23-21(27)19-24-20(16-8-4-2-5-9-16)26(25-19)18-10-6-3-7-11-18;/h2-11,15,17,22H,12-14H2,1H3,(H,23,27);1H. The van der Waals surface area contributed by atoms with E-state index in [0.29, 0.717) is 11.9 Å². The monoisotopic (exact) mass is 397 g/mol. The molecule has 2 unspecified atom stereocenters. The lowest BCUT2D eigenvalue weighted by atomic mass is 10.0. The van der Waals surface area contributed by atoms with Crippen LogP contribution in [0, 0.1) is 0 Å². The summed E-state index contributed by atoms with van der Waals surface area (Å²) in [7, 11) is 0. The average Bonchev–Trinajstić information content (AvgIpc) is 3.15. The number of nitrogens with one attached hydrogen (secondary N) is 2. The minimum absolute atomic E-state index is 0. The first kappa shape index (κ1) is 20.0. The van der Waals surface area contributed by atoms with Gasteiger partial charge in [-0.3, -0.25) is 4.79 Å². The number of benzene rings is 2. The number of hydrogen-bond acceptors (Lipinski definition) is 4. The Balaban J connectivity index is 0.00000225. The molecule has 146 valence electrons. The Hall–Kier alpha value is -2.70. The van der Waals surface area contributed by atoms with Crippen LogP contribution in [0.3, 0.4) is 0 Å². The van der Waals surface area contributed by atoms with E-state index in [1.807, 2.05) is 60.7 Å². The topological polar surface area (TPSA) is 71.8 Å². The summed E-state index contributed by atoms with van der Waals surface area (Å²) in [5.74, 6) is 0.635. The summed E-state index contributed by atoms with van der Waals surface area (Å²) in [6.45, 7) is 3.04. The van der Waals surface area contributed by atoms with Gasteiger partial charge in [0.25, 0.3) is 5.91 Å². The number of rotatable bonds is 4. The van der Waals surface area contributed by atoms with Gasteiger partial charge in [-0.1, -0.05) is 48.5 Å². The quantitative estimate of drug-likeness (QED) is 0.709. The second-order valence-electron chi connectivity index (χ2n) is 6.92. The molecule has 28 heavy (non-hydrogen) atoms. The molecule has 2 atom stereocenters. The Morgan fingerprint density at radius 1 is 1.11 bits per heavy atom. The van der Waals surface area contributed by atoms with Crippen molar-refractivity contribution >= 4 is 18.3 Å². The number of para-hydroxylation sites is 1. The molecule has 0 radical (unpaired) electrons. The lowest BCUT2D eigenvalue weighted by molar-refractivity contribution is 0.0915. The summed E-state index contributed by atoms with van der Waals surface area (Å²) in [5.41, 5.74) is 1.79. The van der Waals surface area contributed by atoms with Crippen molar-refractivity contribution in [2.45, 2.75) is 31.8 Å². The van der Waals surface area contributed by atoms with E-state index in [1.165, 1.54) is 0 Å². The van der Waals surface area contributed by atoms with Crippen molar-refractivity contribution in [3.8, 4) is 17.1 Å². The predicted octanol–water partition coefficient (Wildman–Crippen LogP) is 3.23. The molecular weight excluding hydrogens is 374 g/mol. The van der Waals surface area contributed by atoms with Gasteiger partial charge in [-0.05, 0) is 38.4 Å². The maximum absolute atomic E-state index is 12.8. The zero-order valence-electron chi connectivity index (χ0n) is 15.7. The van der Waals surface area contributed by atoms with Gasteiger partial charge in [0.05, 0.1) is 5.69 Å². The van der Waals surface area contributed by atoms with E-state index in [0.717, 1.165) is 30.6 Å². The van der Waals surface area contributed by atoms with Gasteiger partial charge < -0.3 is 10.6 Å². The van der Waals surface area contributed by atoms with Crippen molar-refractivity contribution in [2.24, 2.45) is 0 Å². The smallest absolute Gasteiger partial charge is 0.291 e. The minimum Gasteiger partial charge on any atom is -0.346 e. The maximum atomic E-state index is 12.8. The van der Waals surface area contributed by atoms with E-state index < -0.39 is 0 Å². The van der Waals surface area contributed by atoms with Crippen LogP contribution in [0.5, 0.6) is 0 Å². The Morgan fingerprint density at radius 3 is 2.46 bits per heavy atom. The molecule has 2 heterocycles. The second kappa shape index (κ2) is 8.99. The lowest BCUT2D eigenvalue weighted by Crippen LogP contribution is -2.46. The molecule has 6 nitrogen and oxygen atoms in total. The number of halogens is 1. The zero-order valence-corrected chi connectivity index (χ0v) is 16.5. The summed E-state index contributed by atoms with van der Waals surface area (Å²) >= 11 is 0. The van der Waals surface area contributed by atoms with Gasteiger partial charge in [0.15, 0.2) is 5.82 Å². The van der Waals surface area contributed by atoms with Crippen molar-refractivity contribution in [1.29, 1.82) is 0 Å². The highest BCUT2D eigenvalue weighted by Crippen LogP contribution is 2.21. The van der Waals surface area contributed by atoms with Crippen LogP contribution >= 0.6 is 12.4 Å². The normalized spacial score (nSPS) is 18.9. The predicted molar refractivity (Wildman–Crippen MR) is 112 cm³/mol. The number of amides is 1. The SMILES string of the molecule is CC1CC(NC(=O)c2nc(-c3ccccc3)n(-c3ccccc3)n2)CCN1.Cl. The van der Waals surface area contributed by atoms with Crippen molar-refractivity contribution in [3.05, 3.63) is 66.5 Å². The Morgan fingerprint density at radius 2 is 1.79 bits per heavy atom. The van der Waals surface area contributed by atoms with Gasteiger partial charge in [-0.2, -0.15) is 0 Å². The van der Waals surface area contributed by atoms with Gasteiger partial charge in [-0.25, -0.2) is 9.67 Å². The number of piperidine rings is 1. The summed E-state index contributed by atoms with van der Waals surface area (Å²) < 4.78 is 1.73. The Bertz CT molecular complexity index is 856. The molecule has 0 saturated carbocycles. The fraction of sp³-hybridized carbons (Fsp3) is 0.286. The fourth-order valence-electron chi connectivity index (χ4n) is 3.44. The van der Waals surface area contributed by atoms with Crippen LogP contribution < -0.4 is 10.6 Å². The lowest BCUT2D eigenvalue weighted by Gasteiger charge is -2.28. The first-order chi connectivity index (χ1) is 13.2. The molecule has 2 aromatic carbocycles. The van der Waals surface area contributed by atoms with E-state index in [9.17, 15) is 4.79 Å². The first-order valence-corrected chi connectivity index (χ1v) is 9.33. The zero-order chi connectivity index (χ0) is 18.6. The molecule has 0 spiro atoms. The summed E-state index contributed by atoms with van der Waals surface area (Å²) in [4.78, 5) is 17.3. The minimum atomic E-state index is -0.221. The maximum Gasteiger partial charge on any atom is 0.291 e. The molecule has 7 heteroatoms. The second-order valence-corrected chi connectivity index (χ2v) is 6.92. The fourth-order valence-corrected chi connectivity index (χ4v) is 3.44. The summed E-state index contributed by atoms with van der Waals surface area (Å²) in [6, 6.07) is 20.1. The molecule has 1 fully saturated rings. The average molecular weight is 398 g/mol. The Labute approximate surface area is 170 Å². The van der Waals surface area contributed by atoms with Gasteiger partial charge in [-0.15, -0.1) is 17.5 Å². The molecule has 2 N–H and O–H groups in total. The summed E-state index contributed by atoms with van der Waals surface area (Å²) in [6.07, 6.45) is 1.83. The van der Waals surface area contributed by atoms with Crippen LogP contribution in [0.25, 0.3) is 17.1 Å². The summed E-state index contributed by atoms with van der Waals surface area (Å²) in [5, 5.41) is 11.0. The van der Waals surface area contributed by atoms with E-state index in [4.69, 9.17) is 0 Å². The number of hydrogen-bond donors (Lipinski definition) is 2. The third kappa shape index (κ3) is 4.40. The van der Waals surface area contributed by atoms with E-state index >= 15 is 0 Å². The molecule has 1 aliphatic rings. The van der Waals surface area contributed by atoms with Crippen molar-refractivity contribution < 1.29 is 4.79 Å². The van der Waals surface area contributed by atoms with Gasteiger partial charge in [0, 0.05) is 17.6 Å². The van der Waals surface area contributed by atoms with Crippen molar-refractivity contribution in [1.82, 2.24) is 25.4 Å². The number of carbonyl (C=O) groups excluding carboxylic acids is 1. The third-order valence-corrected chi connectivity index (χ3v) is 4.80. The van der Waals surface area contributed by atoms with Crippen LogP contribution in [0.2, 0.25) is 0 Å². The van der Waals surface area contributed by atoms with Gasteiger partial charge in [0.1, 0.15) is 0 Å². The van der Waals surface area contributed by atoms with Gasteiger partial charge >= 0.3 is 0 Å². The van der Waals surface area contributed by atoms with Crippen molar-refractivity contribution in [2.75, 3.05) is 6.54 Å².